The molecule has 0 saturated heterocycles. The molecule has 0 fully saturated rings. The number of sulfonamides is 1. The number of anilines is 1. The van der Waals surface area contributed by atoms with Crippen LogP contribution in [0.3, 0.4) is 0 Å². The maximum absolute atomic E-state index is 13.7. The van der Waals surface area contributed by atoms with E-state index in [4.69, 9.17) is 9.47 Å². The van der Waals surface area contributed by atoms with Crippen LogP contribution in [0.2, 0.25) is 0 Å². The molecule has 198 valence electrons. The van der Waals surface area contributed by atoms with E-state index in [1.165, 1.54) is 25.2 Å². The van der Waals surface area contributed by atoms with E-state index in [0.717, 1.165) is 21.7 Å². The average molecular weight is 520 g/mol. The van der Waals surface area contributed by atoms with Crippen LogP contribution in [0.25, 0.3) is 0 Å². The van der Waals surface area contributed by atoms with Crippen molar-refractivity contribution in [3.63, 3.8) is 0 Å². The van der Waals surface area contributed by atoms with Crippen molar-refractivity contribution in [1.29, 1.82) is 0 Å². The molecule has 0 aliphatic rings. The van der Waals surface area contributed by atoms with Crippen molar-refractivity contribution in [2.75, 3.05) is 37.9 Å². The summed E-state index contributed by atoms with van der Waals surface area (Å²) in [5.41, 5.74) is 2.02. The van der Waals surface area contributed by atoms with Crippen molar-refractivity contribution >= 4 is 27.5 Å². The maximum Gasteiger partial charge on any atom is 0.244 e. The summed E-state index contributed by atoms with van der Waals surface area (Å²) >= 11 is 0. The first-order valence-corrected chi connectivity index (χ1v) is 13.5. The van der Waals surface area contributed by atoms with Crippen molar-refractivity contribution in [2.24, 2.45) is 5.92 Å². The van der Waals surface area contributed by atoms with Gasteiger partial charge in [-0.1, -0.05) is 38.1 Å². The third-order valence-electron chi connectivity index (χ3n) is 5.79. The average Bonchev–Trinajstić information content (AvgIpc) is 2.83. The highest BCUT2D eigenvalue weighted by molar-refractivity contribution is 7.92. The van der Waals surface area contributed by atoms with E-state index in [1.807, 2.05) is 45.0 Å². The number of benzene rings is 2. The van der Waals surface area contributed by atoms with E-state index in [2.05, 4.69) is 5.32 Å². The van der Waals surface area contributed by atoms with Gasteiger partial charge in [-0.05, 0) is 43.0 Å². The van der Waals surface area contributed by atoms with E-state index in [-0.39, 0.29) is 29.8 Å². The summed E-state index contributed by atoms with van der Waals surface area (Å²) < 4.78 is 37.2. The molecule has 0 radical (unpaired) electrons. The van der Waals surface area contributed by atoms with Crippen molar-refractivity contribution in [3.05, 3.63) is 53.6 Å². The number of rotatable bonds is 12. The fourth-order valence-electron chi connectivity index (χ4n) is 3.59. The molecule has 0 aromatic heterocycles. The lowest BCUT2D eigenvalue weighted by Gasteiger charge is -2.32. The predicted molar refractivity (Wildman–Crippen MR) is 141 cm³/mol. The Bertz CT molecular complexity index is 1170. The predicted octanol–water partition coefficient (Wildman–Crippen LogP) is 2.97. The monoisotopic (exact) mass is 519 g/mol. The number of ether oxygens (including phenoxy) is 2. The van der Waals surface area contributed by atoms with Crippen molar-refractivity contribution < 1.29 is 27.5 Å². The number of methoxy groups -OCH3 is 2. The molecule has 2 aromatic rings. The summed E-state index contributed by atoms with van der Waals surface area (Å²) in [4.78, 5) is 28.0. The zero-order chi connectivity index (χ0) is 27.0. The van der Waals surface area contributed by atoms with Crippen LogP contribution >= 0.6 is 0 Å². The third-order valence-corrected chi connectivity index (χ3v) is 6.92. The van der Waals surface area contributed by atoms with Gasteiger partial charge in [-0.2, -0.15) is 0 Å². The van der Waals surface area contributed by atoms with Crippen LogP contribution in [-0.2, 0) is 26.2 Å². The standard InChI is InChI=1S/C26H37N3O6S/c1-18(2)15-27-26(31)20(4)28(16-21-11-9-8-10-19(21)3)25(30)17-29(36(7,32)33)23-13-12-22(34-5)14-24(23)35-6/h8-14,18,20H,15-17H2,1-7H3,(H,27,31). The van der Waals surface area contributed by atoms with Crippen molar-refractivity contribution in [1.82, 2.24) is 10.2 Å². The summed E-state index contributed by atoms with van der Waals surface area (Å²) in [6, 6.07) is 11.4. The van der Waals surface area contributed by atoms with Crippen LogP contribution in [0, 0.1) is 12.8 Å². The smallest absolute Gasteiger partial charge is 0.244 e. The number of nitrogens with zero attached hydrogens (tertiary/aromatic N) is 2. The van der Waals surface area contributed by atoms with Crippen molar-refractivity contribution in [3.8, 4) is 11.5 Å². The number of carbonyl (C=O) groups is 2. The molecule has 2 rings (SSSR count). The largest absolute Gasteiger partial charge is 0.497 e. The highest BCUT2D eigenvalue weighted by atomic mass is 32.2. The van der Waals surface area contributed by atoms with Gasteiger partial charge < -0.3 is 19.7 Å². The van der Waals surface area contributed by atoms with Crippen LogP contribution in [0.5, 0.6) is 11.5 Å². The van der Waals surface area contributed by atoms with Gasteiger partial charge in [-0.3, -0.25) is 13.9 Å². The van der Waals surface area contributed by atoms with E-state index in [1.54, 1.807) is 19.1 Å². The minimum atomic E-state index is -3.88. The van der Waals surface area contributed by atoms with Gasteiger partial charge in [0.15, 0.2) is 0 Å². The Hall–Kier alpha value is -3.27. The number of carbonyl (C=O) groups excluding carboxylic acids is 2. The molecule has 0 aliphatic carbocycles. The number of aryl methyl sites for hydroxylation is 1. The highest BCUT2D eigenvalue weighted by Crippen LogP contribution is 2.33. The second kappa shape index (κ2) is 12.6. The molecule has 0 bridgehead atoms. The first-order valence-electron chi connectivity index (χ1n) is 11.7. The Labute approximate surface area is 214 Å². The van der Waals surface area contributed by atoms with Gasteiger partial charge in [0.05, 0.1) is 26.2 Å². The Balaban J connectivity index is 2.45. The Kier molecular flexibility index (Phi) is 10.2. The Morgan fingerprint density at radius 1 is 1.03 bits per heavy atom. The third kappa shape index (κ3) is 7.61. The summed E-state index contributed by atoms with van der Waals surface area (Å²) in [6.45, 7) is 7.64. The van der Waals surface area contributed by atoms with Crippen LogP contribution in [0.4, 0.5) is 5.69 Å². The maximum atomic E-state index is 13.7. The van der Waals surface area contributed by atoms with Crippen LogP contribution in [-0.4, -0.2) is 64.7 Å². The van der Waals surface area contributed by atoms with Crippen LogP contribution in [0.1, 0.15) is 31.9 Å². The van der Waals surface area contributed by atoms with Gasteiger partial charge in [-0.25, -0.2) is 8.42 Å². The van der Waals surface area contributed by atoms with E-state index < -0.39 is 28.5 Å². The number of hydrogen-bond acceptors (Lipinski definition) is 6. The molecule has 2 aromatic carbocycles. The molecule has 36 heavy (non-hydrogen) atoms. The first kappa shape index (κ1) is 29.0. The second-order valence-electron chi connectivity index (χ2n) is 9.07. The molecule has 0 saturated carbocycles. The summed E-state index contributed by atoms with van der Waals surface area (Å²) in [5, 5.41) is 2.87. The normalized spacial score (nSPS) is 12.1. The molecular weight excluding hydrogens is 482 g/mol. The zero-order valence-electron chi connectivity index (χ0n) is 22.1. The molecule has 9 nitrogen and oxygen atoms in total. The number of nitrogens with one attached hydrogen (secondary N) is 1. The first-order chi connectivity index (χ1) is 16.9. The lowest BCUT2D eigenvalue weighted by molar-refractivity contribution is -0.139. The molecule has 2 amide bonds. The van der Waals surface area contributed by atoms with Gasteiger partial charge in [0.25, 0.3) is 0 Å². The van der Waals surface area contributed by atoms with Gasteiger partial charge in [0, 0.05) is 19.2 Å². The summed E-state index contributed by atoms with van der Waals surface area (Å²) in [6.07, 6.45) is 1.02. The lowest BCUT2D eigenvalue weighted by atomic mass is 10.1. The van der Waals surface area contributed by atoms with E-state index in [9.17, 15) is 18.0 Å². The molecule has 10 heteroatoms. The fourth-order valence-corrected chi connectivity index (χ4v) is 4.44. The second-order valence-corrected chi connectivity index (χ2v) is 11.0. The van der Waals surface area contributed by atoms with Gasteiger partial charge in [0.1, 0.15) is 24.1 Å². The van der Waals surface area contributed by atoms with Gasteiger partial charge in [-0.15, -0.1) is 0 Å². The topological polar surface area (TPSA) is 105 Å². The quantitative estimate of drug-likeness (QED) is 0.462. The Morgan fingerprint density at radius 3 is 2.25 bits per heavy atom. The van der Waals surface area contributed by atoms with Gasteiger partial charge >= 0.3 is 0 Å². The molecule has 0 spiro atoms. The minimum absolute atomic E-state index is 0.152. The molecular formula is C26H37N3O6S. The Morgan fingerprint density at radius 2 is 1.69 bits per heavy atom. The summed E-state index contributed by atoms with van der Waals surface area (Å²) in [5.74, 6) is 0.130. The summed E-state index contributed by atoms with van der Waals surface area (Å²) in [7, 11) is -0.986. The lowest BCUT2D eigenvalue weighted by Crippen LogP contribution is -2.51. The zero-order valence-corrected chi connectivity index (χ0v) is 22.9. The fraction of sp³-hybridized carbons (Fsp3) is 0.462. The molecule has 1 N–H and O–H groups in total. The van der Waals surface area contributed by atoms with Crippen molar-refractivity contribution in [2.45, 2.75) is 40.3 Å². The molecule has 1 atom stereocenters. The molecule has 0 heterocycles. The SMILES string of the molecule is COc1ccc(N(CC(=O)N(Cc2ccccc2C)C(C)C(=O)NCC(C)C)S(C)(=O)=O)c(OC)c1. The van der Waals surface area contributed by atoms with Crippen LogP contribution < -0.4 is 19.1 Å². The van der Waals surface area contributed by atoms with E-state index >= 15 is 0 Å². The molecule has 1 unspecified atom stereocenters. The van der Waals surface area contributed by atoms with Crippen LogP contribution in [0.15, 0.2) is 42.5 Å². The number of amides is 2. The minimum Gasteiger partial charge on any atom is -0.497 e. The van der Waals surface area contributed by atoms with E-state index in [0.29, 0.717) is 12.3 Å². The van der Waals surface area contributed by atoms with Gasteiger partial charge in [0.2, 0.25) is 21.8 Å². The highest BCUT2D eigenvalue weighted by Gasteiger charge is 2.31. The number of hydrogen-bond donors (Lipinski definition) is 1. The molecule has 0 aliphatic heterocycles.